The molecule has 2 nitrogen and oxygen atoms in total. The second kappa shape index (κ2) is 13.0. The van der Waals surface area contributed by atoms with Gasteiger partial charge >= 0.3 is 0 Å². The van der Waals surface area contributed by atoms with Crippen molar-refractivity contribution in [1.82, 2.24) is 9.97 Å². The van der Waals surface area contributed by atoms with Gasteiger partial charge in [0.25, 0.3) is 0 Å². The van der Waals surface area contributed by atoms with E-state index >= 15 is 0 Å². The fourth-order valence-corrected chi connectivity index (χ4v) is 10.5. The Kier molecular flexibility index (Phi) is 7.26. The lowest BCUT2D eigenvalue weighted by Gasteiger charge is -2.30. The summed E-state index contributed by atoms with van der Waals surface area (Å²) in [6, 6.07) is 79.9. The molecule has 13 rings (SSSR count). The first kappa shape index (κ1) is 34.0. The number of aromatic nitrogens is 2. The summed E-state index contributed by atoms with van der Waals surface area (Å²) in [7, 11) is 0. The molecule has 0 bridgehead atoms. The molecule has 0 N–H and O–H groups in total. The lowest BCUT2D eigenvalue weighted by molar-refractivity contribution is 0.796. The lowest BCUT2D eigenvalue weighted by Crippen LogP contribution is -2.25. The number of hydrogen-bond acceptors (Lipinski definition) is 2. The second-order valence-corrected chi connectivity index (χ2v) is 16.5. The fourth-order valence-electron chi connectivity index (χ4n) is 10.5. The van der Waals surface area contributed by atoms with E-state index in [9.17, 15) is 0 Å². The van der Waals surface area contributed by atoms with Crippen LogP contribution in [0.15, 0.2) is 218 Å². The van der Waals surface area contributed by atoms with Crippen molar-refractivity contribution in [3.63, 3.8) is 0 Å². The maximum Gasteiger partial charge on any atom is 0.160 e. The molecule has 1 heterocycles. The molecule has 2 aliphatic carbocycles. The average Bonchev–Trinajstić information content (AvgIpc) is 3.78. The minimum Gasteiger partial charge on any atom is -0.228 e. The lowest BCUT2D eigenvalue weighted by atomic mass is 9.70. The van der Waals surface area contributed by atoms with Gasteiger partial charge in [0.05, 0.1) is 16.8 Å². The molecule has 0 saturated heterocycles. The van der Waals surface area contributed by atoms with Crippen LogP contribution in [0.2, 0.25) is 0 Å². The first-order chi connectivity index (χ1) is 30.2. The number of rotatable bonds is 4. The Labute approximate surface area is 354 Å². The Morgan fingerprint density at radius 3 is 1.52 bits per heavy atom. The predicted molar refractivity (Wildman–Crippen MR) is 253 cm³/mol. The number of hydrogen-bond donors (Lipinski definition) is 0. The van der Waals surface area contributed by atoms with Crippen molar-refractivity contribution in [3.05, 3.63) is 241 Å². The van der Waals surface area contributed by atoms with Gasteiger partial charge in [-0.2, -0.15) is 0 Å². The first-order valence-corrected chi connectivity index (χ1v) is 21.1. The molecule has 1 aromatic heterocycles. The van der Waals surface area contributed by atoms with E-state index < -0.39 is 5.41 Å². The molecule has 2 aliphatic rings. The van der Waals surface area contributed by atoms with E-state index in [-0.39, 0.29) is 0 Å². The van der Waals surface area contributed by atoms with Crippen LogP contribution < -0.4 is 0 Å². The van der Waals surface area contributed by atoms with E-state index in [2.05, 4.69) is 200 Å². The second-order valence-electron chi connectivity index (χ2n) is 16.5. The molecular weight excluding hydrogens is 737 g/mol. The van der Waals surface area contributed by atoms with Crippen LogP contribution in [0.4, 0.5) is 0 Å². The van der Waals surface area contributed by atoms with Crippen LogP contribution >= 0.6 is 0 Å². The highest BCUT2D eigenvalue weighted by Crippen LogP contribution is 2.63. The van der Waals surface area contributed by atoms with Crippen molar-refractivity contribution < 1.29 is 0 Å². The highest BCUT2D eigenvalue weighted by atomic mass is 14.9. The minimum atomic E-state index is -0.408. The minimum absolute atomic E-state index is 0.408. The molecule has 0 atom stereocenters. The van der Waals surface area contributed by atoms with Gasteiger partial charge in [-0.25, -0.2) is 9.97 Å². The van der Waals surface area contributed by atoms with Gasteiger partial charge in [-0.15, -0.1) is 0 Å². The van der Waals surface area contributed by atoms with E-state index in [1.165, 1.54) is 88.0 Å². The SMILES string of the molecule is c1ccc(-c2nc(-c3ccc(-c4ccc5cc6c(cc5c4)C4(c5ccccc5-c5ccccc54)c4cc5ccccc5cc4-6)cc3)cc(-c3cccc4ccccc34)n2)cc1. The predicted octanol–water partition coefficient (Wildman–Crippen LogP) is 14.9. The molecule has 11 aromatic rings. The van der Waals surface area contributed by atoms with Crippen LogP contribution in [-0.2, 0) is 5.41 Å². The smallest absolute Gasteiger partial charge is 0.160 e. The summed E-state index contributed by atoms with van der Waals surface area (Å²) in [5, 5.41) is 7.39. The molecule has 0 aliphatic heterocycles. The van der Waals surface area contributed by atoms with Crippen LogP contribution in [0.1, 0.15) is 22.3 Å². The third-order valence-corrected chi connectivity index (χ3v) is 13.3. The Hall–Kier alpha value is -7.94. The molecule has 2 heteroatoms. The van der Waals surface area contributed by atoms with Crippen molar-refractivity contribution in [1.29, 1.82) is 0 Å². The maximum absolute atomic E-state index is 5.15. The summed E-state index contributed by atoms with van der Waals surface area (Å²) in [4.78, 5) is 10.3. The zero-order valence-corrected chi connectivity index (χ0v) is 33.2. The molecule has 61 heavy (non-hydrogen) atoms. The molecule has 0 unspecified atom stereocenters. The van der Waals surface area contributed by atoms with Gasteiger partial charge in [0.15, 0.2) is 5.82 Å². The van der Waals surface area contributed by atoms with Crippen molar-refractivity contribution in [2.45, 2.75) is 5.41 Å². The molecule has 282 valence electrons. The van der Waals surface area contributed by atoms with E-state index in [4.69, 9.17) is 9.97 Å². The van der Waals surface area contributed by atoms with Crippen LogP contribution in [0.3, 0.4) is 0 Å². The Morgan fingerprint density at radius 1 is 0.262 bits per heavy atom. The molecule has 0 saturated carbocycles. The first-order valence-electron chi connectivity index (χ1n) is 21.1. The molecule has 0 amide bonds. The highest BCUT2D eigenvalue weighted by molar-refractivity contribution is 6.04. The highest BCUT2D eigenvalue weighted by Gasteiger charge is 2.51. The van der Waals surface area contributed by atoms with Gasteiger partial charge in [-0.1, -0.05) is 182 Å². The third kappa shape index (κ3) is 5.03. The van der Waals surface area contributed by atoms with Gasteiger partial charge in [0.2, 0.25) is 0 Å². The molecule has 1 spiro atoms. The van der Waals surface area contributed by atoms with Crippen molar-refractivity contribution >= 4 is 32.3 Å². The zero-order valence-electron chi connectivity index (χ0n) is 33.2. The molecule has 10 aromatic carbocycles. The summed E-state index contributed by atoms with van der Waals surface area (Å²) in [6.07, 6.45) is 0. The van der Waals surface area contributed by atoms with E-state index in [1.807, 2.05) is 18.2 Å². The molecular formula is C59H36N2. The van der Waals surface area contributed by atoms with Gasteiger partial charge in [0, 0.05) is 16.7 Å². The quantitative estimate of drug-likeness (QED) is 0.178. The standard InChI is InChI=1S/C59H36N2/c1-2-14-40(15-3-1)58-60-56(36-57(61-58)49-22-12-18-38-13-6-7-19-46(38)49)39-27-25-37(26-28-39)43-29-30-44-33-51-50-32-41-16-4-5-17-42(41)34-54(50)59(55(51)35-45(44)31-43)52-23-10-8-20-47(52)48-21-9-11-24-53(48)59/h1-36H. The van der Waals surface area contributed by atoms with Gasteiger partial charge in [-0.05, 0) is 124 Å². The Bertz CT molecular complexity index is 3530. The summed E-state index contributed by atoms with van der Waals surface area (Å²) < 4.78 is 0. The Morgan fingerprint density at radius 2 is 0.787 bits per heavy atom. The summed E-state index contributed by atoms with van der Waals surface area (Å²) in [6.45, 7) is 0. The number of fused-ring (bicyclic) bond motifs is 13. The van der Waals surface area contributed by atoms with E-state index in [0.717, 1.165) is 28.1 Å². The fraction of sp³-hybridized carbons (Fsp3) is 0.0169. The van der Waals surface area contributed by atoms with Crippen LogP contribution in [0.5, 0.6) is 0 Å². The van der Waals surface area contributed by atoms with Crippen LogP contribution in [0.25, 0.3) is 99.6 Å². The third-order valence-electron chi connectivity index (χ3n) is 13.3. The average molecular weight is 773 g/mol. The summed E-state index contributed by atoms with van der Waals surface area (Å²) >= 11 is 0. The molecule has 0 fully saturated rings. The van der Waals surface area contributed by atoms with E-state index in [1.54, 1.807) is 0 Å². The van der Waals surface area contributed by atoms with Crippen molar-refractivity contribution in [3.8, 4) is 67.3 Å². The maximum atomic E-state index is 5.15. The number of benzene rings is 10. The van der Waals surface area contributed by atoms with Gasteiger partial charge in [0.1, 0.15) is 0 Å². The van der Waals surface area contributed by atoms with Gasteiger partial charge in [-0.3, -0.25) is 0 Å². The molecule has 0 radical (unpaired) electrons. The van der Waals surface area contributed by atoms with Crippen LogP contribution in [-0.4, -0.2) is 9.97 Å². The number of nitrogens with zero attached hydrogens (tertiary/aromatic N) is 2. The normalized spacial score (nSPS) is 13.0. The topological polar surface area (TPSA) is 25.8 Å². The van der Waals surface area contributed by atoms with E-state index in [0.29, 0.717) is 5.82 Å². The monoisotopic (exact) mass is 772 g/mol. The zero-order chi connectivity index (χ0) is 40.1. The Balaban J connectivity index is 0.947. The van der Waals surface area contributed by atoms with Crippen LogP contribution in [0, 0.1) is 0 Å². The largest absolute Gasteiger partial charge is 0.228 e. The van der Waals surface area contributed by atoms with Crippen molar-refractivity contribution in [2.75, 3.05) is 0 Å². The van der Waals surface area contributed by atoms with Crippen molar-refractivity contribution in [2.24, 2.45) is 0 Å². The van der Waals surface area contributed by atoms with Gasteiger partial charge < -0.3 is 0 Å². The summed E-state index contributed by atoms with van der Waals surface area (Å²) in [5.74, 6) is 0.715. The summed E-state index contributed by atoms with van der Waals surface area (Å²) in [5.41, 5.74) is 17.6.